The van der Waals surface area contributed by atoms with Gasteiger partial charge in [-0.2, -0.15) is 0 Å². The number of carbonyl (C=O) groups is 1. The van der Waals surface area contributed by atoms with Crippen LogP contribution in [0.3, 0.4) is 0 Å². The minimum absolute atomic E-state index is 0.286. The summed E-state index contributed by atoms with van der Waals surface area (Å²) in [4.78, 5) is 16.0. The molecule has 0 unspecified atom stereocenters. The van der Waals surface area contributed by atoms with Crippen LogP contribution in [-0.4, -0.2) is 49.1 Å². The predicted octanol–water partition coefficient (Wildman–Crippen LogP) is 1.73. The van der Waals surface area contributed by atoms with Crippen LogP contribution >= 0.6 is 0 Å². The Hall–Kier alpha value is -1.81. The number of ether oxygens (including phenoxy) is 1. The lowest BCUT2D eigenvalue weighted by molar-refractivity contribution is 0.0600. The van der Waals surface area contributed by atoms with E-state index in [0.717, 1.165) is 32.7 Å². The molecule has 0 bridgehead atoms. The summed E-state index contributed by atoms with van der Waals surface area (Å²) < 4.78 is 4.69. The van der Waals surface area contributed by atoms with Crippen LogP contribution in [0.1, 0.15) is 15.9 Å². The average Bonchev–Trinajstić information content (AvgIpc) is 2.48. The normalized spacial score (nSPS) is 16.2. The van der Waals surface area contributed by atoms with Gasteiger partial charge >= 0.3 is 5.97 Å². The first-order valence-electron chi connectivity index (χ1n) is 6.49. The highest BCUT2D eigenvalue weighted by molar-refractivity contribution is 5.89. The molecule has 19 heavy (non-hydrogen) atoms. The average molecular weight is 260 g/mol. The summed E-state index contributed by atoms with van der Waals surface area (Å²) in [6.45, 7) is 8.87. The maximum atomic E-state index is 11.3. The van der Waals surface area contributed by atoms with E-state index in [0.29, 0.717) is 5.56 Å². The van der Waals surface area contributed by atoms with Gasteiger partial charge in [0.1, 0.15) is 0 Å². The number of carbonyl (C=O) groups excluding carboxylic acids is 1. The van der Waals surface area contributed by atoms with Crippen LogP contribution in [0.4, 0.5) is 0 Å². The summed E-state index contributed by atoms with van der Waals surface area (Å²) in [6.07, 6.45) is 1.91. The van der Waals surface area contributed by atoms with E-state index >= 15 is 0 Å². The molecular formula is C15H20N2O2. The summed E-state index contributed by atoms with van der Waals surface area (Å²) in [5.41, 5.74) is 1.82. The van der Waals surface area contributed by atoms with Crippen molar-refractivity contribution in [1.82, 2.24) is 9.80 Å². The lowest BCUT2D eigenvalue weighted by Gasteiger charge is -2.33. The van der Waals surface area contributed by atoms with E-state index in [1.54, 1.807) is 0 Å². The van der Waals surface area contributed by atoms with Crippen LogP contribution in [0.15, 0.2) is 37.0 Å². The van der Waals surface area contributed by atoms with Crippen molar-refractivity contribution in [2.45, 2.75) is 6.54 Å². The molecule has 0 saturated carbocycles. The van der Waals surface area contributed by atoms with Crippen molar-refractivity contribution in [3.8, 4) is 0 Å². The Morgan fingerprint density at radius 3 is 2.42 bits per heavy atom. The predicted molar refractivity (Wildman–Crippen MR) is 74.8 cm³/mol. The monoisotopic (exact) mass is 260 g/mol. The highest BCUT2D eigenvalue weighted by Crippen LogP contribution is 2.10. The van der Waals surface area contributed by atoms with Crippen LogP contribution in [0.5, 0.6) is 0 Å². The maximum absolute atomic E-state index is 11.3. The molecule has 2 rings (SSSR count). The number of benzene rings is 1. The van der Waals surface area contributed by atoms with Gasteiger partial charge in [-0.25, -0.2) is 4.79 Å². The third kappa shape index (κ3) is 3.58. The summed E-state index contributed by atoms with van der Waals surface area (Å²) >= 11 is 0. The van der Waals surface area contributed by atoms with Crippen LogP contribution in [0.2, 0.25) is 0 Å². The van der Waals surface area contributed by atoms with Gasteiger partial charge in [0.15, 0.2) is 0 Å². The molecule has 1 aromatic carbocycles. The molecule has 1 heterocycles. The number of piperazine rings is 1. The Bertz CT molecular complexity index is 434. The zero-order valence-corrected chi connectivity index (χ0v) is 11.3. The van der Waals surface area contributed by atoms with Crippen molar-refractivity contribution in [1.29, 1.82) is 0 Å². The minimum Gasteiger partial charge on any atom is -0.465 e. The molecule has 0 aromatic heterocycles. The molecule has 0 N–H and O–H groups in total. The Kier molecular flexibility index (Phi) is 4.58. The van der Waals surface area contributed by atoms with Crippen molar-refractivity contribution in [3.05, 3.63) is 48.2 Å². The second-order valence-corrected chi connectivity index (χ2v) is 4.68. The molecule has 0 spiro atoms. The smallest absolute Gasteiger partial charge is 0.337 e. The number of hydrogen-bond donors (Lipinski definition) is 0. The molecule has 1 aliphatic heterocycles. The molecule has 0 atom stereocenters. The molecule has 4 nitrogen and oxygen atoms in total. The van der Waals surface area contributed by atoms with E-state index in [9.17, 15) is 4.79 Å². The summed E-state index contributed by atoms with van der Waals surface area (Å²) in [5.74, 6) is -0.286. The van der Waals surface area contributed by atoms with Crippen LogP contribution < -0.4 is 0 Å². The van der Waals surface area contributed by atoms with Gasteiger partial charge in [0.05, 0.1) is 12.7 Å². The zero-order valence-electron chi connectivity index (χ0n) is 11.3. The first-order valence-corrected chi connectivity index (χ1v) is 6.49. The van der Waals surface area contributed by atoms with Gasteiger partial charge in [0.25, 0.3) is 0 Å². The zero-order chi connectivity index (χ0) is 13.7. The fourth-order valence-electron chi connectivity index (χ4n) is 2.23. The second-order valence-electron chi connectivity index (χ2n) is 4.68. The van der Waals surface area contributed by atoms with Gasteiger partial charge < -0.3 is 9.64 Å². The molecule has 1 aliphatic rings. The standard InChI is InChI=1S/C15H20N2O2/c1-3-16-8-10-17(11-9-16)12-13-4-6-14(7-5-13)15(18)19-2/h3-7H,1,8-12H2,2H3. The van der Waals surface area contributed by atoms with E-state index in [1.807, 2.05) is 30.5 Å². The fourth-order valence-corrected chi connectivity index (χ4v) is 2.23. The van der Waals surface area contributed by atoms with Crippen LogP contribution in [0.25, 0.3) is 0 Å². The van der Waals surface area contributed by atoms with Crippen molar-refractivity contribution in [2.75, 3.05) is 33.3 Å². The third-order valence-corrected chi connectivity index (χ3v) is 3.45. The molecule has 1 fully saturated rings. The highest BCUT2D eigenvalue weighted by atomic mass is 16.5. The minimum atomic E-state index is -0.286. The Labute approximate surface area is 114 Å². The second kappa shape index (κ2) is 6.38. The van der Waals surface area contributed by atoms with E-state index in [1.165, 1.54) is 12.7 Å². The van der Waals surface area contributed by atoms with Crippen molar-refractivity contribution in [3.63, 3.8) is 0 Å². The number of rotatable bonds is 4. The molecule has 0 amide bonds. The van der Waals surface area contributed by atoms with Crippen LogP contribution in [0, 0.1) is 0 Å². The van der Waals surface area contributed by atoms with Gasteiger partial charge in [0, 0.05) is 32.7 Å². The largest absolute Gasteiger partial charge is 0.465 e. The third-order valence-electron chi connectivity index (χ3n) is 3.45. The van der Waals surface area contributed by atoms with Gasteiger partial charge in [-0.15, -0.1) is 0 Å². The number of methoxy groups -OCH3 is 1. The molecule has 1 saturated heterocycles. The van der Waals surface area contributed by atoms with Gasteiger partial charge in [-0.1, -0.05) is 18.7 Å². The SMILES string of the molecule is C=CN1CCN(Cc2ccc(C(=O)OC)cc2)CC1. The van der Waals surface area contributed by atoms with E-state index < -0.39 is 0 Å². The summed E-state index contributed by atoms with van der Waals surface area (Å²) in [6, 6.07) is 7.63. The maximum Gasteiger partial charge on any atom is 0.337 e. The Morgan fingerprint density at radius 1 is 1.26 bits per heavy atom. The van der Waals surface area contributed by atoms with Crippen molar-refractivity contribution >= 4 is 5.97 Å². The summed E-state index contributed by atoms with van der Waals surface area (Å²) in [5, 5.41) is 0. The molecular weight excluding hydrogens is 240 g/mol. The molecule has 1 aromatic rings. The van der Waals surface area contributed by atoms with E-state index in [-0.39, 0.29) is 5.97 Å². The molecule has 102 valence electrons. The van der Waals surface area contributed by atoms with Gasteiger partial charge in [-0.05, 0) is 23.9 Å². The first kappa shape index (κ1) is 13.6. The molecule has 4 heteroatoms. The van der Waals surface area contributed by atoms with Gasteiger partial charge in [0.2, 0.25) is 0 Å². The van der Waals surface area contributed by atoms with Crippen molar-refractivity contribution in [2.24, 2.45) is 0 Å². The number of hydrogen-bond acceptors (Lipinski definition) is 4. The fraction of sp³-hybridized carbons (Fsp3) is 0.400. The van der Waals surface area contributed by atoms with Gasteiger partial charge in [-0.3, -0.25) is 4.90 Å². The van der Waals surface area contributed by atoms with Crippen molar-refractivity contribution < 1.29 is 9.53 Å². The Morgan fingerprint density at radius 2 is 1.89 bits per heavy atom. The number of nitrogens with zero attached hydrogens (tertiary/aromatic N) is 2. The van der Waals surface area contributed by atoms with Crippen LogP contribution in [-0.2, 0) is 11.3 Å². The molecule has 0 aliphatic carbocycles. The Balaban J connectivity index is 1.90. The quantitative estimate of drug-likeness (QED) is 0.772. The van der Waals surface area contributed by atoms with E-state index in [4.69, 9.17) is 0 Å². The topological polar surface area (TPSA) is 32.8 Å². The lowest BCUT2D eigenvalue weighted by atomic mass is 10.1. The lowest BCUT2D eigenvalue weighted by Crippen LogP contribution is -2.43. The van der Waals surface area contributed by atoms with E-state index in [2.05, 4.69) is 21.1 Å². The number of esters is 1. The summed E-state index contributed by atoms with van der Waals surface area (Å²) in [7, 11) is 1.40. The molecule has 0 radical (unpaired) electrons. The first-order chi connectivity index (χ1) is 9.22. The highest BCUT2D eigenvalue weighted by Gasteiger charge is 2.14.